The lowest BCUT2D eigenvalue weighted by Crippen LogP contribution is -2.27. The van der Waals surface area contributed by atoms with Crippen molar-refractivity contribution in [2.24, 2.45) is 0 Å². The van der Waals surface area contributed by atoms with Gasteiger partial charge >= 0.3 is 0 Å². The Morgan fingerprint density at radius 1 is 0.933 bits per heavy atom. The molecule has 2 atom stereocenters. The van der Waals surface area contributed by atoms with Gasteiger partial charge in [0, 0.05) is 0 Å². The van der Waals surface area contributed by atoms with Crippen molar-refractivity contribution < 1.29 is 0 Å². The van der Waals surface area contributed by atoms with Crippen LogP contribution in [0.2, 0.25) is 10.0 Å². The first-order chi connectivity index (χ1) is 14.5. The van der Waals surface area contributed by atoms with Gasteiger partial charge in [0.1, 0.15) is 0 Å². The molecular weight excluding hydrogens is 413 g/mol. The Balaban J connectivity index is 1.62. The van der Waals surface area contributed by atoms with Gasteiger partial charge in [-0.1, -0.05) is 79.5 Å². The highest BCUT2D eigenvalue weighted by molar-refractivity contribution is 6.42. The highest BCUT2D eigenvalue weighted by Crippen LogP contribution is 2.42. The van der Waals surface area contributed by atoms with Crippen LogP contribution in [0.4, 0.5) is 5.95 Å². The van der Waals surface area contributed by atoms with Gasteiger partial charge in [-0.05, 0) is 53.3 Å². The van der Waals surface area contributed by atoms with Gasteiger partial charge in [-0.25, -0.2) is 4.98 Å². The zero-order valence-corrected chi connectivity index (χ0v) is 18.5. The van der Waals surface area contributed by atoms with E-state index in [2.05, 4.69) is 66.2 Å². The van der Waals surface area contributed by atoms with Crippen LogP contribution in [0.3, 0.4) is 0 Å². The minimum Gasteiger partial charge on any atom is -0.349 e. The summed E-state index contributed by atoms with van der Waals surface area (Å²) in [4.78, 5) is 4.88. The van der Waals surface area contributed by atoms with Gasteiger partial charge in [-0.3, -0.25) is 0 Å². The molecule has 3 aromatic carbocycles. The lowest BCUT2D eigenvalue weighted by molar-refractivity contribution is 0.477. The Morgan fingerprint density at radius 2 is 1.67 bits per heavy atom. The number of halogens is 2. The number of para-hydroxylation sites is 2. The molecule has 0 bridgehead atoms. The summed E-state index contributed by atoms with van der Waals surface area (Å²) >= 11 is 12.5. The lowest BCUT2D eigenvalue weighted by atomic mass is 9.91. The van der Waals surface area contributed by atoms with Gasteiger partial charge < -0.3 is 9.88 Å². The average Bonchev–Trinajstić information content (AvgIpc) is 3.13. The predicted octanol–water partition coefficient (Wildman–Crippen LogP) is 7.61. The number of hydrogen-bond acceptors (Lipinski definition) is 2. The van der Waals surface area contributed by atoms with Crippen molar-refractivity contribution in [2.45, 2.75) is 38.3 Å². The second kappa shape index (κ2) is 7.64. The summed E-state index contributed by atoms with van der Waals surface area (Å²) < 4.78 is 2.33. The Labute approximate surface area is 186 Å². The summed E-state index contributed by atoms with van der Waals surface area (Å²) in [5, 5.41) is 4.78. The van der Waals surface area contributed by atoms with Gasteiger partial charge in [-0.15, -0.1) is 0 Å². The van der Waals surface area contributed by atoms with Crippen LogP contribution in [0.25, 0.3) is 11.0 Å². The summed E-state index contributed by atoms with van der Waals surface area (Å²) in [6, 6.07) is 23.5. The molecule has 5 rings (SSSR count). The molecule has 0 amide bonds. The molecule has 1 aliphatic rings. The third-order valence-corrected chi connectivity index (χ3v) is 6.74. The van der Waals surface area contributed by atoms with Crippen molar-refractivity contribution in [3.8, 4) is 0 Å². The van der Waals surface area contributed by atoms with Crippen LogP contribution in [-0.2, 0) is 0 Å². The van der Waals surface area contributed by atoms with E-state index in [-0.39, 0.29) is 12.1 Å². The summed E-state index contributed by atoms with van der Waals surface area (Å²) in [5.41, 5.74) is 5.90. The maximum atomic E-state index is 6.32. The molecule has 152 valence electrons. The number of aromatic nitrogens is 2. The van der Waals surface area contributed by atoms with Crippen molar-refractivity contribution in [1.29, 1.82) is 0 Å². The second-order valence-electron chi connectivity index (χ2n) is 8.24. The normalized spacial score (nSPS) is 18.4. The van der Waals surface area contributed by atoms with Crippen LogP contribution in [0.15, 0.2) is 66.7 Å². The largest absolute Gasteiger partial charge is 0.349 e. The molecule has 0 unspecified atom stereocenters. The molecule has 5 heteroatoms. The minimum absolute atomic E-state index is 0.0962. The molecular formula is C25H23Cl2N3. The third-order valence-electron chi connectivity index (χ3n) is 6.00. The Kier molecular flexibility index (Phi) is 4.96. The molecule has 3 nitrogen and oxygen atoms in total. The number of fused-ring (bicyclic) bond motifs is 3. The Morgan fingerprint density at radius 3 is 2.40 bits per heavy atom. The zero-order valence-electron chi connectivity index (χ0n) is 16.9. The molecule has 0 spiro atoms. The van der Waals surface area contributed by atoms with Gasteiger partial charge in [0.25, 0.3) is 0 Å². The van der Waals surface area contributed by atoms with Crippen molar-refractivity contribution in [3.63, 3.8) is 0 Å². The van der Waals surface area contributed by atoms with Gasteiger partial charge in [0.2, 0.25) is 5.95 Å². The van der Waals surface area contributed by atoms with Crippen molar-refractivity contribution in [2.75, 3.05) is 5.32 Å². The molecule has 1 N–H and O–H groups in total. The highest BCUT2D eigenvalue weighted by Gasteiger charge is 2.31. The molecule has 4 aromatic rings. The molecule has 0 saturated heterocycles. The zero-order chi connectivity index (χ0) is 20.8. The van der Waals surface area contributed by atoms with E-state index in [1.165, 1.54) is 11.1 Å². The van der Waals surface area contributed by atoms with E-state index in [0.717, 1.165) is 29.0 Å². The topological polar surface area (TPSA) is 29.9 Å². The SMILES string of the molecule is CC(C)c1ccc([C@H]2C[C@@H](c3ccc(Cl)c(Cl)c3)Nc3nc4ccccc4n32)cc1. The maximum Gasteiger partial charge on any atom is 0.204 e. The van der Waals surface area contributed by atoms with E-state index in [0.29, 0.717) is 16.0 Å². The van der Waals surface area contributed by atoms with E-state index in [9.17, 15) is 0 Å². The van der Waals surface area contributed by atoms with Crippen molar-refractivity contribution in [3.05, 3.63) is 93.5 Å². The summed E-state index contributed by atoms with van der Waals surface area (Å²) in [5.74, 6) is 1.40. The fraction of sp³-hybridized carbons (Fsp3) is 0.240. The summed E-state index contributed by atoms with van der Waals surface area (Å²) in [6.45, 7) is 4.45. The number of anilines is 1. The fourth-order valence-electron chi connectivity index (χ4n) is 4.34. The Hall–Kier alpha value is -2.49. The summed E-state index contributed by atoms with van der Waals surface area (Å²) in [7, 11) is 0. The third kappa shape index (κ3) is 3.36. The van der Waals surface area contributed by atoms with Gasteiger partial charge in [0.05, 0.1) is 33.2 Å². The van der Waals surface area contributed by atoms with E-state index in [1.807, 2.05) is 24.3 Å². The quantitative estimate of drug-likeness (QED) is 0.358. The number of rotatable bonds is 3. The molecule has 1 aromatic heterocycles. The first kappa shape index (κ1) is 19.5. The molecule has 0 radical (unpaired) electrons. The molecule has 1 aliphatic heterocycles. The van der Waals surface area contributed by atoms with E-state index in [1.54, 1.807) is 0 Å². The minimum atomic E-state index is 0.0962. The first-order valence-corrected chi connectivity index (χ1v) is 11.0. The fourth-order valence-corrected chi connectivity index (χ4v) is 4.65. The number of nitrogens with zero attached hydrogens (tertiary/aromatic N) is 2. The smallest absolute Gasteiger partial charge is 0.204 e. The second-order valence-corrected chi connectivity index (χ2v) is 9.05. The van der Waals surface area contributed by atoms with Crippen molar-refractivity contribution >= 4 is 40.2 Å². The van der Waals surface area contributed by atoms with Crippen LogP contribution in [-0.4, -0.2) is 9.55 Å². The van der Waals surface area contributed by atoms with Crippen LogP contribution < -0.4 is 5.32 Å². The van der Waals surface area contributed by atoms with E-state index in [4.69, 9.17) is 28.2 Å². The molecule has 0 saturated carbocycles. The van der Waals surface area contributed by atoms with E-state index >= 15 is 0 Å². The average molecular weight is 436 g/mol. The number of imidazole rings is 1. The standard InChI is InChI=1S/C25H23Cl2N3/c1-15(2)16-7-9-17(10-8-16)24-14-22(18-11-12-19(26)20(27)13-18)29-25-28-21-5-3-4-6-23(21)30(24)25/h3-13,15,22,24H,14H2,1-2H3,(H,28,29)/t22-,24+/m0/s1. The van der Waals surface area contributed by atoms with Gasteiger partial charge in [-0.2, -0.15) is 0 Å². The van der Waals surface area contributed by atoms with Crippen LogP contribution in [0.5, 0.6) is 0 Å². The van der Waals surface area contributed by atoms with Crippen molar-refractivity contribution in [1.82, 2.24) is 9.55 Å². The molecule has 30 heavy (non-hydrogen) atoms. The first-order valence-electron chi connectivity index (χ1n) is 10.3. The van der Waals surface area contributed by atoms with Crippen LogP contribution >= 0.6 is 23.2 Å². The number of hydrogen-bond donors (Lipinski definition) is 1. The lowest BCUT2D eigenvalue weighted by Gasteiger charge is -2.34. The predicted molar refractivity (Wildman–Crippen MR) is 126 cm³/mol. The maximum absolute atomic E-state index is 6.32. The summed E-state index contributed by atoms with van der Waals surface area (Å²) in [6.07, 6.45) is 0.895. The van der Waals surface area contributed by atoms with Crippen LogP contribution in [0, 0.1) is 0 Å². The number of benzene rings is 3. The molecule has 2 heterocycles. The highest BCUT2D eigenvalue weighted by atomic mass is 35.5. The molecule has 0 fully saturated rings. The van der Waals surface area contributed by atoms with Gasteiger partial charge in [0.15, 0.2) is 0 Å². The number of nitrogens with one attached hydrogen (secondary N) is 1. The Bertz CT molecular complexity index is 1210. The van der Waals surface area contributed by atoms with E-state index < -0.39 is 0 Å². The monoisotopic (exact) mass is 435 g/mol. The van der Waals surface area contributed by atoms with Crippen LogP contribution in [0.1, 0.15) is 55.0 Å². The molecule has 0 aliphatic carbocycles.